The van der Waals surface area contributed by atoms with Gasteiger partial charge in [-0.15, -0.1) is 0 Å². The molecule has 17 heavy (non-hydrogen) atoms. The number of ether oxygens (including phenoxy) is 1. The first kappa shape index (κ1) is 12.5. The number of amides is 1. The van der Waals surface area contributed by atoms with Gasteiger partial charge in [-0.05, 0) is 24.8 Å². The van der Waals surface area contributed by atoms with Crippen molar-refractivity contribution in [2.45, 2.75) is 25.5 Å². The van der Waals surface area contributed by atoms with E-state index in [1.807, 2.05) is 12.2 Å². The second-order valence-electron chi connectivity index (χ2n) is 4.34. The van der Waals surface area contributed by atoms with Crippen LogP contribution in [0.15, 0.2) is 22.8 Å². The van der Waals surface area contributed by atoms with E-state index in [2.05, 4.69) is 0 Å². The normalized spacial score (nSPS) is 30.3. The first-order chi connectivity index (χ1) is 8.11. The van der Waals surface area contributed by atoms with E-state index in [0.29, 0.717) is 13.0 Å². The highest BCUT2D eigenvalue weighted by molar-refractivity contribution is 6.30. The molecule has 1 aliphatic heterocycles. The Labute approximate surface area is 105 Å². The second-order valence-corrected chi connectivity index (χ2v) is 4.79. The molecule has 94 valence electrons. The minimum absolute atomic E-state index is 0.171. The smallest absolute Gasteiger partial charge is 0.411 e. The van der Waals surface area contributed by atoms with Crippen molar-refractivity contribution in [2.24, 2.45) is 5.92 Å². The number of aliphatic hydroxyl groups is 1. The molecule has 1 amide bonds. The van der Waals surface area contributed by atoms with Gasteiger partial charge in [0, 0.05) is 18.0 Å². The van der Waals surface area contributed by atoms with E-state index in [9.17, 15) is 9.90 Å². The summed E-state index contributed by atoms with van der Waals surface area (Å²) in [4.78, 5) is 12.6. The average Bonchev–Trinajstić information content (AvgIpc) is 2.44. The number of carbonyl (C=O) groups is 1. The van der Waals surface area contributed by atoms with E-state index in [-0.39, 0.29) is 5.92 Å². The van der Waals surface area contributed by atoms with Crippen molar-refractivity contribution in [3.05, 3.63) is 22.8 Å². The quantitative estimate of drug-likeness (QED) is 0.784. The van der Waals surface area contributed by atoms with Gasteiger partial charge >= 0.3 is 6.09 Å². The van der Waals surface area contributed by atoms with Crippen LogP contribution < -0.4 is 0 Å². The fourth-order valence-electron chi connectivity index (χ4n) is 2.20. The van der Waals surface area contributed by atoms with Crippen molar-refractivity contribution in [3.8, 4) is 0 Å². The molecular weight excluding hydrogens is 242 g/mol. The number of hydrogen-bond acceptors (Lipinski definition) is 3. The van der Waals surface area contributed by atoms with E-state index in [4.69, 9.17) is 16.3 Å². The van der Waals surface area contributed by atoms with Crippen LogP contribution in [0.1, 0.15) is 19.3 Å². The standard InChI is InChI=1S/C12H16ClNO3/c1-14-11(15)9(6-7-17-12(14)16)8-4-2-3-5-10(8)13/h2,4,9,11,15H,3,5-7H2,1H3/t9-,11+/m1/s1. The lowest BCUT2D eigenvalue weighted by atomic mass is 9.89. The number of hydrogen-bond donors (Lipinski definition) is 1. The van der Waals surface area contributed by atoms with Gasteiger partial charge in [-0.25, -0.2) is 4.79 Å². The second kappa shape index (κ2) is 5.10. The molecule has 0 aromatic carbocycles. The third-order valence-corrected chi connectivity index (χ3v) is 3.65. The summed E-state index contributed by atoms with van der Waals surface area (Å²) in [6, 6.07) is 0. The van der Waals surface area contributed by atoms with Crippen molar-refractivity contribution in [1.82, 2.24) is 4.90 Å². The molecule has 5 heteroatoms. The summed E-state index contributed by atoms with van der Waals surface area (Å²) in [6.45, 7) is 0.312. The lowest BCUT2D eigenvalue weighted by Gasteiger charge is -2.28. The molecule has 0 aromatic heterocycles. The van der Waals surface area contributed by atoms with Gasteiger partial charge < -0.3 is 9.84 Å². The van der Waals surface area contributed by atoms with Crippen LogP contribution in [0.4, 0.5) is 4.79 Å². The van der Waals surface area contributed by atoms with Crippen molar-refractivity contribution in [2.75, 3.05) is 13.7 Å². The number of aliphatic hydroxyl groups excluding tert-OH is 1. The summed E-state index contributed by atoms with van der Waals surface area (Å²) in [7, 11) is 1.53. The highest BCUT2D eigenvalue weighted by Gasteiger charge is 2.33. The zero-order valence-corrected chi connectivity index (χ0v) is 10.5. The Morgan fingerprint density at radius 1 is 1.59 bits per heavy atom. The van der Waals surface area contributed by atoms with Crippen LogP contribution >= 0.6 is 11.6 Å². The Morgan fingerprint density at radius 3 is 3.06 bits per heavy atom. The molecule has 1 fully saturated rings. The summed E-state index contributed by atoms with van der Waals surface area (Å²) < 4.78 is 4.98. The molecule has 1 heterocycles. The van der Waals surface area contributed by atoms with Gasteiger partial charge in [0.05, 0.1) is 6.61 Å². The van der Waals surface area contributed by atoms with Gasteiger partial charge in [-0.1, -0.05) is 23.8 Å². The lowest BCUT2D eigenvalue weighted by molar-refractivity contribution is 0.00847. The van der Waals surface area contributed by atoms with Crippen LogP contribution in [-0.2, 0) is 4.74 Å². The van der Waals surface area contributed by atoms with Crippen LogP contribution in [-0.4, -0.2) is 36.0 Å². The Hall–Kier alpha value is -1.00. The number of rotatable bonds is 1. The van der Waals surface area contributed by atoms with Gasteiger partial charge in [0.2, 0.25) is 0 Å². The Balaban J connectivity index is 2.25. The largest absolute Gasteiger partial charge is 0.449 e. The Bertz CT molecular complexity index is 378. The first-order valence-corrected chi connectivity index (χ1v) is 6.12. The third-order valence-electron chi connectivity index (χ3n) is 3.24. The van der Waals surface area contributed by atoms with E-state index >= 15 is 0 Å². The topological polar surface area (TPSA) is 49.8 Å². The van der Waals surface area contributed by atoms with Gasteiger partial charge in [0.1, 0.15) is 6.23 Å². The summed E-state index contributed by atoms with van der Waals surface area (Å²) in [5.74, 6) is -0.171. The Kier molecular flexibility index (Phi) is 3.74. The van der Waals surface area contributed by atoms with Crippen LogP contribution in [0.2, 0.25) is 0 Å². The summed E-state index contributed by atoms with van der Waals surface area (Å²) in [6.07, 6.45) is 4.94. The van der Waals surface area contributed by atoms with Crippen molar-refractivity contribution in [1.29, 1.82) is 0 Å². The third kappa shape index (κ3) is 2.48. The van der Waals surface area contributed by atoms with Crippen molar-refractivity contribution < 1.29 is 14.6 Å². The number of allylic oxidation sites excluding steroid dienone is 3. The van der Waals surface area contributed by atoms with Gasteiger partial charge in [0.15, 0.2) is 0 Å². The maximum absolute atomic E-state index is 11.4. The zero-order valence-electron chi connectivity index (χ0n) is 9.73. The minimum Gasteiger partial charge on any atom is -0.449 e. The van der Waals surface area contributed by atoms with Crippen LogP contribution in [0.25, 0.3) is 0 Å². The SMILES string of the molecule is CN1C(=O)OCC[C@H](C2=C(Cl)CCC=C2)[C@@H]1O. The number of halogens is 1. The molecule has 0 unspecified atom stereocenters. The molecule has 1 saturated heterocycles. The molecule has 0 aromatic rings. The monoisotopic (exact) mass is 257 g/mol. The van der Waals surface area contributed by atoms with Crippen LogP contribution in [0, 0.1) is 5.92 Å². The Morgan fingerprint density at radius 2 is 2.35 bits per heavy atom. The minimum atomic E-state index is -0.878. The molecule has 0 bridgehead atoms. The molecule has 2 atom stereocenters. The molecule has 0 saturated carbocycles. The predicted molar refractivity (Wildman–Crippen MR) is 64.5 cm³/mol. The summed E-state index contributed by atoms with van der Waals surface area (Å²) in [5, 5.41) is 10.9. The van der Waals surface area contributed by atoms with Crippen molar-refractivity contribution >= 4 is 17.7 Å². The molecule has 4 nitrogen and oxygen atoms in total. The number of cyclic esters (lactones) is 1. The van der Waals surface area contributed by atoms with Crippen molar-refractivity contribution in [3.63, 3.8) is 0 Å². The molecule has 1 aliphatic carbocycles. The van der Waals surface area contributed by atoms with E-state index < -0.39 is 12.3 Å². The molecule has 0 spiro atoms. The fourth-order valence-corrected chi connectivity index (χ4v) is 2.51. The van der Waals surface area contributed by atoms with E-state index in [1.165, 1.54) is 11.9 Å². The van der Waals surface area contributed by atoms with Gasteiger partial charge in [0.25, 0.3) is 0 Å². The highest BCUT2D eigenvalue weighted by atomic mass is 35.5. The highest BCUT2D eigenvalue weighted by Crippen LogP contribution is 2.33. The lowest BCUT2D eigenvalue weighted by Crippen LogP contribution is -2.40. The first-order valence-electron chi connectivity index (χ1n) is 5.74. The summed E-state index contributed by atoms with van der Waals surface area (Å²) >= 11 is 6.19. The number of nitrogens with zero attached hydrogens (tertiary/aromatic N) is 1. The maximum atomic E-state index is 11.4. The van der Waals surface area contributed by atoms with E-state index in [0.717, 1.165) is 23.4 Å². The van der Waals surface area contributed by atoms with Crippen LogP contribution in [0.3, 0.4) is 0 Å². The molecule has 2 aliphatic rings. The average molecular weight is 258 g/mol. The van der Waals surface area contributed by atoms with Crippen LogP contribution in [0.5, 0.6) is 0 Å². The predicted octanol–water partition coefficient (Wildman–Crippen LogP) is 2.24. The molecule has 2 rings (SSSR count). The zero-order chi connectivity index (χ0) is 12.4. The van der Waals surface area contributed by atoms with Gasteiger partial charge in [-0.3, -0.25) is 4.90 Å². The number of carbonyl (C=O) groups excluding carboxylic acids is 1. The fraction of sp³-hybridized carbons (Fsp3) is 0.583. The molecule has 1 N–H and O–H groups in total. The van der Waals surface area contributed by atoms with E-state index in [1.54, 1.807) is 0 Å². The molecular formula is C12H16ClNO3. The van der Waals surface area contributed by atoms with Gasteiger partial charge in [-0.2, -0.15) is 0 Å². The summed E-state index contributed by atoms with van der Waals surface area (Å²) in [5.41, 5.74) is 0.926. The maximum Gasteiger partial charge on any atom is 0.411 e. The molecule has 0 radical (unpaired) electrons.